The van der Waals surface area contributed by atoms with Crippen LogP contribution >= 0.6 is 0 Å². The molecular weight excluding hydrogens is 442 g/mol. The maximum absolute atomic E-state index is 12.0. The zero-order valence-corrected chi connectivity index (χ0v) is 19.3. The van der Waals surface area contributed by atoms with Gasteiger partial charge in [0, 0.05) is 30.4 Å². The Labute approximate surface area is 201 Å². The largest absolute Gasteiger partial charge is 0.487 e. The van der Waals surface area contributed by atoms with Crippen molar-refractivity contribution in [2.24, 2.45) is 12.8 Å². The number of nitrogens with one attached hydrogen (secondary N) is 1. The second-order valence-electron chi connectivity index (χ2n) is 8.04. The summed E-state index contributed by atoms with van der Waals surface area (Å²) >= 11 is 0. The number of anilines is 2. The lowest BCUT2D eigenvalue weighted by molar-refractivity contribution is 0.100. The lowest BCUT2D eigenvalue weighted by Crippen LogP contribution is -2.13. The van der Waals surface area contributed by atoms with Crippen molar-refractivity contribution in [3.8, 4) is 17.1 Å². The minimum atomic E-state index is -0.533. The van der Waals surface area contributed by atoms with Crippen LogP contribution in [0.2, 0.25) is 0 Å². The lowest BCUT2D eigenvalue weighted by Gasteiger charge is -2.14. The quantitative estimate of drug-likeness (QED) is 0.370. The molecule has 2 aromatic carbocycles. The number of benzene rings is 2. The van der Waals surface area contributed by atoms with E-state index in [1.807, 2.05) is 56.4 Å². The topological polar surface area (TPSA) is 121 Å². The van der Waals surface area contributed by atoms with E-state index in [-0.39, 0.29) is 0 Å². The van der Waals surface area contributed by atoms with E-state index in [4.69, 9.17) is 20.4 Å². The van der Waals surface area contributed by atoms with Crippen LogP contribution < -0.4 is 15.8 Å². The van der Waals surface area contributed by atoms with Crippen LogP contribution in [0.25, 0.3) is 22.3 Å². The van der Waals surface area contributed by atoms with Crippen molar-refractivity contribution in [2.45, 2.75) is 13.5 Å². The summed E-state index contributed by atoms with van der Waals surface area (Å²) in [4.78, 5) is 25.7. The molecule has 0 aliphatic carbocycles. The molecule has 3 heterocycles. The molecule has 174 valence electrons. The van der Waals surface area contributed by atoms with E-state index < -0.39 is 5.91 Å². The third kappa shape index (κ3) is 4.65. The number of para-hydroxylation sites is 1. The van der Waals surface area contributed by atoms with Crippen LogP contribution in [-0.2, 0) is 13.7 Å². The van der Waals surface area contributed by atoms with Crippen molar-refractivity contribution in [3.05, 3.63) is 90.0 Å². The van der Waals surface area contributed by atoms with E-state index in [9.17, 15) is 4.79 Å². The van der Waals surface area contributed by atoms with Gasteiger partial charge in [0.15, 0.2) is 5.82 Å². The summed E-state index contributed by atoms with van der Waals surface area (Å²) in [7, 11) is 1.89. The predicted octanol–water partition coefficient (Wildman–Crippen LogP) is 4.16. The van der Waals surface area contributed by atoms with E-state index >= 15 is 0 Å². The zero-order valence-electron chi connectivity index (χ0n) is 19.3. The van der Waals surface area contributed by atoms with Crippen LogP contribution in [0, 0.1) is 6.92 Å². The monoisotopic (exact) mass is 465 g/mol. The predicted molar refractivity (Wildman–Crippen MR) is 133 cm³/mol. The van der Waals surface area contributed by atoms with Crippen molar-refractivity contribution in [1.29, 1.82) is 0 Å². The lowest BCUT2D eigenvalue weighted by atomic mass is 10.1. The van der Waals surface area contributed by atoms with E-state index in [1.54, 1.807) is 35.3 Å². The van der Waals surface area contributed by atoms with Gasteiger partial charge < -0.3 is 15.8 Å². The fraction of sp³-hybridized carbons (Fsp3) is 0.115. The summed E-state index contributed by atoms with van der Waals surface area (Å²) in [6.45, 7) is 2.31. The second kappa shape index (κ2) is 9.22. The first-order chi connectivity index (χ1) is 17.0. The minimum Gasteiger partial charge on any atom is -0.487 e. The molecule has 9 nitrogen and oxygen atoms in total. The molecule has 0 atom stereocenters. The molecule has 0 unspecified atom stereocenters. The van der Waals surface area contributed by atoms with Crippen molar-refractivity contribution in [2.75, 3.05) is 5.32 Å². The molecule has 0 saturated carbocycles. The number of amides is 1. The van der Waals surface area contributed by atoms with Gasteiger partial charge >= 0.3 is 0 Å². The Morgan fingerprint density at radius 2 is 1.94 bits per heavy atom. The number of ether oxygens (including phenoxy) is 1. The summed E-state index contributed by atoms with van der Waals surface area (Å²) in [6, 6.07) is 18.4. The standard InChI is InChI=1S/C26H23N7O2/c1-16-12-18(33(2)32-16)15-35-19-9-10-23-21(13-19)26(30-22-8-4-3-7-20(22)24(27)34)31-25(29-23)17-6-5-11-28-14-17/h3-14H,15H2,1-2H3,(H2,27,34)(H,29,30,31). The van der Waals surface area contributed by atoms with Crippen molar-refractivity contribution in [3.63, 3.8) is 0 Å². The summed E-state index contributed by atoms with van der Waals surface area (Å²) in [5.74, 6) is 1.14. The number of aromatic nitrogens is 5. The Bertz CT molecular complexity index is 1530. The number of carbonyl (C=O) groups is 1. The number of aryl methyl sites for hydroxylation is 2. The first-order valence-corrected chi connectivity index (χ1v) is 11.0. The van der Waals surface area contributed by atoms with Gasteiger partial charge in [-0.1, -0.05) is 12.1 Å². The Kier molecular flexibility index (Phi) is 5.80. The van der Waals surface area contributed by atoms with Crippen LogP contribution in [-0.4, -0.2) is 30.6 Å². The molecular formula is C26H23N7O2. The maximum Gasteiger partial charge on any atom is 0.250 e. The second-order valence-corrected chi connectivity index (χ2v) is 8.04. The van der Waals surface area contributed by atoms with Crippen LogP contribution in [0.5, 0.6) is 5.75 Å². The fourth-order valence-electron chi connectivity index (χ4n) is 3.81. The molecule has 0 bridgehead atoms. The third-order valence-corrected chi connectivity index (χ3v) is 5.52. The molecule has 5 aromatic rings. The summed E-state index contributed by atoms with van der Waals surface area (Å²) in [5, 5.41) is 8.37. The van der Waals surface area contributed by atoms with Crippen LogP contribution in [0.15, 0.2) is 73.1 Å². The normalized spacial score (nSPS) is 10.9. The molecule has 9 heteroatoms. The SMILES string of the molecule is Cc1cc(COc2ccc3nc(-c4cccnc4)nc(Nc4ccccc4C(N)=O)c3c2)n(C)n1. The highest BCUT2D eigenvalue weighted by atomic mass is 16.5. The highest BCUT2D eigenvalue weighted by Crippen LogP contribution is 2.31. The number of primary amides is 1. The molecule has 3 N–H and O–H groups in total. The molecule has 35 heavy (non-hydrogen) atoms. The van der Waals surface area contributed by atoms with E-state index in [0.717, 1.165) is 22.3 Å². The first-order valence-electron chi connectivity index (χ1n) is 11.0. The number of hydrogen-bond acceptors (Lipinski definition) is 7. The molecule has 0 spiro atoms. The van der Waals surface area contributed by atoms with Gasteiger partial charge in [-0.15, -0.1) is 0 Å². The minimum absolute atomic E-state index is 0.362. The Balaban J connectivity index is 1.57. The number of fused-ring (bicyclic) bond motifs is 1. The van der Waals surface area contributed by atoms with E-state index in [0.29, 0.717) is 40.8 Å². The molecule has 0 fully saturated rings. The van der Waals surface area contributed by atoms with E-state index in [2.05, 4.69) is 15.4 Å². The van der Waals surface area contributed by atoms with Gasteiger partial charge in [-0.25, -0.2) is 9.97 Å². The van der Waals surface area contributed by atoms with Crippen LogP contribution in [0.4, 0.5) is 11.5 Å². The smallest absolute Gasteiger partial charge is 0.250 e. The van der Waals surface area contributed by atoms with Crippen molar-refractivity contribution < 1.29 is 9.53 Å². The number of hydrogen-bond donors (Lipinski definition) is 2. The summed E-state index contributed by atoms with van der Waals surface area (Å²) in [6.07, 6.45) is 3.40. The van der Waals surface area contributed by atoms with Gasteiger partial charge in [0.05, 0.1) is 28.2 Å². The molecule has 5 rings (SSSR count). The van der Waals surface area contributed by atoms with Gasteiger partial charge in [-0.2, -0.15) is 5.10 Å². The molecule has 0 saturated heterocycles. The molecule has 1 amide bonds. The number of carbonyl (C=O) groups excluding carboxylic acids is 1. The van der Waals surface area contributed by atoms with Gasteiger partial charge in [0.1, 0.15) is 18.2 Å². The Morgan fingerprint density at radius 3 is 2.69 bits per heavy atom. The molecule has 0 aliphatic rings. The summed E-state index contributed by atoms with van der Waals surface area (Å²) in [5.41, 5.74) is 9.87. The van der Waals surface area contributed by atoms with Gasteiger partial charge in [0.25, 0.3) is 5.91 Å². The third-order valence-electron chi connectivity index (χ3n) is 5.52. The highest BCUT2D eigenvalue weighted by Gasteiger charge is 2.14. The first kappa shape index (κ1) is 22.0. The van der Waals surface area contributed by atoms with Crippen molar-refractivity contribution in [1.82, 2.24) is 24.7 Å². The maximum atomic E-state index is 12.0. The zero-order chi connectivity index (χ0) is 24.4. The Morgan fingerprint density at radius 1 is 1.09 bits per heavy atom. The number of rotatable bonds is 7. The summed E-state index contributed by atoms with van der Waals surface area (Å²) < 4.78 is 7.85. The molecule has 3 aromatic heterocycles. The number of nitrogens with two attached hydrogens (primary N) is 1. The van der Waals surface area contributed by atoms with Crippen LogP contribution in [0.3, 0.4) is 0 Å². The van der Waals surface area contributed by atoms with Crippen molar-refractivity contribution >= 4 is 28.3 Å². The number of pyridine rings is 1. The average Bonchev–Trinajstić information content (AvgIpc) is 3.20. The molecule has 0 radical (unpaired) electrons. The highest BCUT2D eigenvalue weighted by molar-refractivity contribution is 6.01. The van der Waals surface area contributed by atoms with Crippen LogP contribution in [0.1, 0.15) is 21.7 Å². The Hall–Kier alpha value is -4.79. The average molecular weight is 466 g/mol. The fourth-order valence-corrected chi connectivity index (χ4v) is 3.81. The number of nitrogens with zero attached hydrogens (tertiary/aromatic N) is 5. The van der Waals surface area contributed by atoms with Gasteiger partial charge in [0.2, 0.25) is 0 Å². The van der Waals surface area contributed by atoms with E-state index in [1.165, 1.54) is 0 Å². The van der Waals surface area contributed by atoms with Gasteiger partial charge in [-0.05, 0) is 55.5 Å². The van der Waals surface area contributed by atoms with Gasteiger partial charge in [-0.3, -0.25) is 14.5 Å². The molecule has 0 aliphatic heterocycles.